The van der Waals surface area contributed by atoms with Gasteiger partial charge in [-0.25, -0.2) is 22.9 Å². The van der Waals surface area contributed by atoms with E-state index in [-0.39, 0.29) is 67.1 Å². The van der Waals surface area contributed by atoms with Crippen LogP contribution in [0.5, 0.6) is 0 Å². The van der Waals surface area contributed by atoms with Crippen molar-refractivity contribution in [2.45, 2.75) is 31.2 Å². The Kier molecular flexibility index (Phi) is 6.38. The van der Waals surface area contributed by atoms with E-state index in [4.69, 9.17) is 10.5 Å². The second-order valence-corrected chi connectivity index (χ2v) is 12.3. The molecule has 3 aromatic heterocycles. The van der Waals surface area contributed by atoms with E-state index in [1.54, 1.807) is 11.0 Å². The molecule has 6 rings (SSSR count). The summed E-state index contributed by atoms with van der Waals surface area (Å²) in [6.07, 6.45) is 0.563. The van der Waals surface area contributed by atoms with Crippen LogP contribution in [0.25, 0.3) is 16.9 Å². The van der Waals surface area contributed by atoms with Crippen molar-refractivity contribution in [3.63, 3.8) is 0 Å². The second kappa shape index (κ2) is 9.55. The van der Waals surface area contributed by atoms with Crippen molar-refractivity contribution in [2.24, 2.45) is 0 Å². The summed E-state index contributed by atoms with van der Waals surface area (Å²) in [7, 11) is -3.37. The molecule has 214 valence electrons. The number of fused-ring (bicyclic) bond motifs is 3. The third-order valence-corrected chi connectivity index (χ3v) is 8.80. The molecule has 3 aliphatic rings. The zero-order valence-corrected chi connectivity index (χ0v) is 22.3. The van der Waals surface area contributed by atoms with Crippen LogP contribution in [0.15, 0.2) is 24.5 Å². The highest BCUT2D eigenvalue weighted by Gasteiger charge is 2.38. The first-order valence-corrected chi connectivity index (χ1v) is 14.6. The Labute approximate surface area is 227 Å². The molecule has 6 heterocycles. The number of morpholine rings is 1. The number of piperazine rings is 1. The van der Waals surface area contributed by atoms with Crippen molar-refractivity contribution in [1.29, 1.82) is 0 Å². The van der Waals surface area contributed by atoms with Gasteiger partial charge in [-0.15, -0.1) is 5.10 Å². The number of nitrogens with two attached hydrogens (primary N) is 1. The van der Waals surface area contributed by atoms with Crippen LogP contribution in [0.4, 0.5) is 24.8 Å². The van der Waals surface area contributed by atoms with Crippen molar-refractivity contribution in [3.8, 4) is 11.4 Å². The van der Waals surface area contributed by atoms with Crippen LogP contribution in [0.1, 0.15) is 28.8 Å². The predicted molar refractivity (Wildman–Crippen MR) is 138 cm³/mol. The Morgan fingerprint density at radius 2 is 1.77 bits per heavy atom. The van der Waals surface area contributed by atoms with Gasteiger partial charge in [0.2, 0.25) is 10.0 Å². The van der Waals surface area contributed by atoms with Gasteiger partial charge in [0.15, 0.2) is 11.6 Å². The normalized spacial score (nSPS) is 22.3. The van der Waals surface area contributed by atoms with E-state index < -0.39 is 21.8 Å². The van der Waals surface area contributed by atoms with E-state index >= 15 is 0 Å². The predicted octanol–water partition coefficient (Wildman–Crippen LogP) is 1.48. The highest BCUT2D eigenvalue weighted by molar-refractivity contribution is 7.88. The smallest absolute Gasteiger partial charge is 0.384 e. The van der Waals surface area contributed by atoms with Gasteiger partial charge >= 0.3 is 6.18 Å². The quantitative estimate of drug-likeness (QED) is 0.486. The van der Waals surface area contributed by atoms with Crippen LogP contribution in [-0.4, -0.2) is 101 Å². The van der Waals surface area contributed by atoms with E-state index in [0.29, 0.717) is 24.4 Å². The number of hydrogen-bond acceptors (Lipinski definition) is 9. The van der Waals surface area contributed by atoms with Gasteiger partial charge in [0.1, 0.15) is 11.3 Å². The number of carbonyl (C=O) groups excluding carboxylic acids is 1. The van der Waals surface area contributed by atoms with E-state index in [1.165, 1.54) is 15.0 Å². The number of alkyl halides is 3. The molecular formula is C24H27F3N8O4S. The molecule has 0 aliphatic carbocycles. The molecule has 3 aliphatic heterocycles. The Morgan fingerprint density at radius 3 is 2.40 bits per heavy atom. The lowest BCUT2D eigenvalue weighted by molar-refractivity contribution is -0.137. The summed E-state index contributed by atoms with van der Waals surface area (Å²) >= 11 is 0. The Morgan fingerprint density at radius 1 is 1.10 bits per heavy atom. The maximum absolute atomic E-state index is 13.9. The number of amides is 1. The molecule has 0 spiro atoms. The number of rotatable bonds is 4. The van der Waals surface area contributed by atoms with Crippen molar-refractivity contribution >= 4 is 33.1 Å². The zero-order chi connectivity index (χ0) is 28.4. The fourth-order valence-electron chi connectivity index (χ4n) is 5.52. The Hall–Kier alpha value is -3.50. The molecule has 3 saturated heterocycles. The molecular weight excluding hydrogens is 553 g/mol. The number of halogens is 3. The Balaban J connectivity index is 1.42. The molecule has 12 nitrogen and oxygen atoms in total. The van der Waals surface area contributed by atoms with Crippen molar-refractivity contribution < 1.29 is 31.1 Å². The van der Waals surface area contributed by atoms with Gasteiger partial charge in [-0.2, -0.15) is 17.5 Å². The summed E-state index contributed by atoms with van der Waals surface area (Å²) in [5, 5.41) is 4.36. The zero-order valence-electron chi connectivity index (χ0n) is 21.5. The minimum atomic E-state index is -4.73. The topological polar surface area (TPSA) is 139 Å². The second-order valence-electron chi connectivity index (χ2n) is 10.3. The van der Waals surface area contributed by atoms with Crippen molar-refractivity contribution in [3.05, 3.63) is 35.7 Å². The number of hydrogen-bond donors (Lipinski definition) is 1. The van der Waals surface area contributed by atoms with Gasteiger partial charge in [-0.3, -0.25) is 4.79 Å². The molecule has 2 N–H and O–H groups in total. The summed E-state index contributed by atoms with van der Waals surface area (Å²) < 4.78 is 74.2. The maximum Gasteiger partial charge on any atom is 0.417 e. The lowest BCUT2D eigenvalue weighted by Gasteiger charge is -2.33. The molecule has 0 aromatic carbocycles. The van der Waals surface area contributed by atoms with E-state index in [9.17, 15) is 26.4 Å². The number of pyridine rings is 1. The number of anilines is 2. The minimum Gasteiger partial charge on any atom is -0.384 e. The van der Waals surface area contributed by atoms with Crippen molar-refractivity contribution in [1.82, 2.24) is 28.8 Å². The number of nitrogen functional groups attached to an aromatic ring is 1. The third kappa shape index (κ3) is 4.94. The molecule has 2 unspecified atom stereocenters. The molecule has 0 saturated carbocycles. The summed E-state index contributed by atoms with van der Waals surface area (Å²) in [5.74, 6) is -0.445. The van der Waals surface area contributed by atoms with Gasteiger partial charge in [0, 0.05) is 51.7 Å². The SMILES string of the molecule is CS(=O)(=O)N1CCN(C(=O)c2cc3c(N4CC5CCC(C4)O5)nc(-c4cnc(N)cc4C(F)(F)F)nn3c2)CC1. The average Bonchev–Trinajstić information content (AvgIpc) is 3.48. The van der Waals surface area contributed by atoms with E-state index in [2.05, 4.69) is 15.1 Å². The number of aromatic nitrogens is 4. The van der Waals surface area contributed by atoms with Gasteiger partial charge in [0.05, 0.1) is 35.2 Å². The fraction of sp³-hybridized carbons (Fsp3) is 0.500. The van der Waals surface area contributed by atoms with Gasteiger partial charge in [-0.05, 0) is 25.0 Å². The monoisotopic (exact) mass is 580 g/mol. The molecule has 2 atom stereocenters. The molecule has 1 amide bonds. The minimum absolute atomic E-state index is 0.0247. The lowest BCUT2D eigenvalue weighted by Crippen LogP contribution is -2.50. The first-order valence-electron chi connectivity index (χ1n) is 12.7. The molecule has 3 fully saturated rings. The molecule has 0 radical (unpaired) electrons. The number of carbonyl (C=O) groups is 1. The van der Waals surface area contributed by atoms with Gasteiger partial charge < -0.3 is 20.3 Å². The Bertz CT molecular complexity index is 1570. The van der Waals surface area contributed by atoms with Crippen LogP contribution in [-0.2, 0) is 20.9 Å². The average molecular weight is 581 g/mol. The summed E-state index contributed by atoms with van der Waals surface area (Å²) in [6.45, 7) is 1.76. The van der Waals surface area contributed by atoms with E-state index in [0.717, 1.165) is 31.4 Å². The number of nitrogens with zero attached hydrogens (tertiary/aromatic N) is 7. The molecule has 3 aromatic rings. The molecule has 2 bridgehead atoms. The summed E-state index contributed by atoms with van der Waals surface area (Å²) in [6, 6.07) is 2.37. The first-order chi connectivity index (χ1) is 18.9. The van der Waals surface area contributed by atoms with Crippen LogP contribution < -0.4 is 10.6 Å². The van der Waals surface area contributed by atoms with Crippen LogP contribution >= 0.6 is 0 Å². The van der Waals surface area contributed by atoms with Crippen LogP contribution in [0.2, 0.25) is 0 Å². The van der Waals surface area contributed by atoms with Crippen LogP contribution in [0, 0.1) is 0 Å². The highest BCUT2D eigenvalue weighted by Crippen LogP contribution is 2.38. The summed E-state index contributed by atoms with van der Waals surface area (Å²) in [5.41, 5.74) is 4.94. The maximum atomic E-state index is 13.9. The van der Waals surface area contributed by atoms with E-state index in [1.807, 2.05) is 4.90 Å². The van der Waals surface area contributed by atoms with Gasteiger partial charge in [-0.1, -0.05) is 0 Å². The van der Waals surface area contributed by atoms with Crippen LogP contribution in [0.3, 0.4) is 0 Å². The molecule has 16 heteroatoms. The van der Waals surface area contributed by atoms with Gasteiger partial charge in [0.25, 0.3) is 5.91 Å². The molecule has 40 heavy (non-hydrogen) atoms. The standard InChI is InChI=1S/C24H27F3N8O4S/c1-40(37,38)34-6-4-32(5-7-34)23(36)14-8-19-22(33-12-15-2-3-16(13-33)39-15)30-21(31-35(19)11-14)17-10-29-20(28)9-18(17)24(25,26)27/h8-11,15-16H,2-7,12-13H2,1H3,(H2,28,29). The third-order valence-electron chi connectivity index (χ3n) is 7.50. The van der Waals surface area contributed by atoms with Crippen molar-refractivity contribution in [2.75, 3.05) is 56.2 Å². The summed E-state index contributed by atoms with van der Waals surface area (Å²) in [4.78, 5) is 25.3. The lowest BCUT2D eigenvalue weighted by atomic mass is 10.1. The number of ether oxygens (including phenoxy) is 1. The largest absolute Gasteiger partial charge is 0.417 e. The first kappa shape index (κ1) is 26.7. The highest BCUT2D eigenvalue weighted by atomic mass is 32.2. The number of sulfonamides is 1. The fourth-order valence-corrected chi connectivity index (χ4v) is 6.35.